The van der Waals surface area contributed by atoms with Crippen molar-refractivity contribution >= 4 is 23.4 Å². The molecular formula is C15H16ClNO2. The standard InChI is InChI=1S/C15H16ClNO2/c1-15(10-4-5-10)8-12(18)17-14(19)13(15)9-2-6-11(16)7-3-9/h2-3,6-7,10,13H,4-5,8H2,1H3,(H,17,18,19). The van der Waals surface area contributed by atoms with Crippen LogP contribution >= 0.6 is 11.6 Å². The third-order valence-corrected chi connectivity index (χ3v) is 4.69. The molecule has 0 spiro atoms. The zero-order chi connectivity index (χ0) is 13.6. The van der Waals surface area contributed by atoms with Crippen molar-refractivity contribution in [1.82, 2.24) is 5.32 Å². The van der Waals surface area contributed by atoms with E-state index in [1.165, 1.54) is 0 Å². The van der Waals surface area contributed by atoms with Gasteiger partial charge in [0, 0.05) is 11.4 Å². The normalized spacial score (nSPS) is 31.2. The van der Waals surface area contributed by atoms with Gasteiger partial charge in [0.05, 0.1) is 5.92 Å². The lowest BCUT2D eigenvalue weighted by Crippen LogP contribution is -2.50. The van der Waals surface area contributed by atoms with Crippen molar-refractivity contribution in [2.45, 2.75) is 32.1 Å². The molecule has 1 aromatic rings. The van der Waals surface area contributed by atoms with Gasteiger partial charge < -0.3 is 0 Å². The second kappa shape index (κ2) is 4.34. The van der Waals surface area contributed by atoms with Crippen molar-refractivity contribution in [3.05, 3.63) is 34.9 Å². The van der Waals surface area contributed by atoms with Gasteiger partial charge in [0.15, 0.2) is 0 Å². The molecule has 100 valence electrons. The third-order valence-electron chi connectivity index (χ3n) is 4.44. The first-order valence-corrected chi connectivity index (χ1v) is 6.97. The Hall–Kier alpha value is -1.35. The van der Waals surface area contributed by atoms with E-state index in [9.17, 15) is 9.59 Å². The molecule has 19 heavy (non-hydrogen) atoms. The fraction of sp³-hybridized carbons (Fsp3) is 0.467. The smallest absolute Gasteiger partial charge is 0.234 e. The SMILES string of the molecule is CC1(C2CC2)CC(=O)NC(=O)C1c1ccc(Cl)cc1. The molecule has 0 radical (unpaired) electrons. The molecule has 1 aliphatic heterocycles. The summed E-state index contributed by atoms with van der Waals surface area (Å²) in [6.07, 6.45) is 2.65. The topological polar surface area (TPSA) is 46.2 Å². The summed E-state index contributed by atoms with van der Waals surface area (Å²) >= 11 is 5.90. The van der Waals surface area contributed by atoms with Gasteiger partial charge in [0.25, 0.3) is 0 Å². The van der Waals surface area contributed by atoms with E-state index in [0.29, 0.717) is 17.4 Å². The Morgan fingerprint density at radius 3 is 2.42 bits per heavy atom. The van der Waals surface area contributed by atoms with E-state index in [4.69, 9.17) is 11.6 Å². The molecule has 1 N–H and O–H groups in total. The molecule has 4 heteroatoms. The van der Waals surface area contributed by atoms with Gasteiger partial charge in [-0.05, 0) is 41.9 Å². The van der Waals surface area contributed by atoms with E-state index in [1.54, 1.807) is 12.1 Å². The highest BCUT2D eigenvalue weighted by Crippen LogP contribution is 2.56. The molecule has 2 amide bonds. The van der Waals surface area contributed by atoms with E-state index in [0.717, 1.165) is 18.4 Å². The van der Waals surface area contributed by atoms with Crippen molar-refractivity contribution in [2.75, 3.05) is 0 Å². The van der Waals surface area contributed by atoms with Gasteiger partial charge in [-0.15, -0.1) is 0 Å². The van der Waals surface area contributed by atoms with Crippen LogP contribution in [-0.2, 0) is 9.59 Å². The lowest BCUT2D eigenvalue weighted by atomic mass is 9.65. The first-order valence-electron chi connectivity index (χ1n) is 6.60. The monoisotopic (exact) mass is 277 g/mol. The molecular weight excluding hydrogens is 262 g/mol. The van der Waals surface area contributed by atoms with Gasteiger partial charge in [-0.2, -0.15) is 0 Å². The summed E-state index contributed by atoms with van der Waals surface area (Å²) in [5.74, 6) is -0.101. The number of nitrogens with one attached hydrogen (secondary N) is 1. The molecule has 2 aliphatic rings. The first-order chi connectivity index (χ1) is 9.00. The summed E-state index contributed by atoms with van der Waals surface area (Å²) in [6, 6.07) is 7.38. The van der Waals surface area contributed by atoms with Crippen LogP contribution in [0, 0.1) is 11.3 Å². The molecule has 3 rings (SSSR count). The number of hydrogen-bond donors (Lipinski definition) is 1. The highest BCUT2D eigenvalue weighted by molar-refractivity contribution is 6.30. The maximum atomic E-state index is 12.3. The summed E-state index contributed by atoms with van der Waals surface area (Å²) in [6.45, 7) is 2.07. The summed E-state index contributed by atoms with van der Waals surface area (Å²) < 4.78 is 0. The summed E-state index contributed by atoms with van der Waals surface area (Å²) in [5, 5.41) is 3.13. The molecule has 1 saturated carbocycles. The summed E-state index contributed by atoms with van der Waals surface area (Å²) in [4.78, 5) is 24.0. The minimum Gasteiger partial charge on any atom is -0.296 e. The van der Waals surface area contributed by atoms with E-state index in [1.807, 2.05) is 12.1 Å². The van der Waals surface area contributed by atoms with Crippen LogP contribution in [-0.4, -0.2) is 11.8 Å². The van der Waals surface area contributed by atoms with E-state index in [2.05, 4.69) is 12.2 Å². The Labute approximate surface area is 117 Å². The number of rotatable bonds is 2. The predicted octanol–water partition coefficient (Wildman–Crippen LogP) is 2.89. The number of carbonyl (C=O) groups is 2. The van der Waals surface area contributed by atoms with Crippen LogP contribution in [0.15, 0.2) is 24.3 Å². The molecule has 3 nitrogen and oxygen atoms in total. The molecule has 2 atom stereocenters. The average Bonchev–Trinajstić information content (AvgIpc) is 3.14. The van der Waals surface area contributed by atoms with E-state index >= 15 is 0 Å². The molecule has 2 unspecified atom stereocenters. The molecule has 1 heterocycles. The molecule has 1 aliphatic carbocycles. The van der Waals surface area contributed by atoms with Crippen molar-refractivity contribution in [2.24, 2.45) is 11.3 Å². The van der Waals surface area contributed by atoms with Crippen molar-refractivity contribution in [3.63, 3.8) is 0 Å². The van der Waals surface area contributed by atoms with Crippen LogP contribution in [0.25, 0.3) is 0 Å². The quantitative estimate of drug-likeness (QED) is 0.845. The van der Waals surface area contributed by atoms with E-state index in [-0.39, 0.29) is 23.1 Å². The van der Waals surface area contributed by atoms with Crippen molar-refractivity contribution in [3.8, 4) is 0 Å². The lowest BCUT2D eigenvalue weighted by Gasteiger charge is -2.40. The molecule has 0 bridgehead atoms. The van der Waals surface area contributed by atoms with Crippen LogP contribution in [0.2, 0.25) is 5.02 Å². The second-order valence-corrected chi connectivity index (χ2v) is 6.29. The van der Waals surface area contributed by atoms with Gasteiger partial charge in [-0.3, -0.25) is 14.9 Å². The number of halogens is 1. The Morgan fingerprint density at radius 2 is 1.84 bits per heavy atom. The first kappa shape index (κ1) is 12.7. The van der Waals surface area contributed by atoms with Crippen LogP contribution < -0.4 is 5.32 Å². The number of amides is 2. The maximum absolute atomic E-state index is 12.3. The summed E-state index contributed by atoms with van der Waals surface area (Å²) in [5.41, 5.74) is 0.691. The average molecular weight is 278 g/mol. The Bertz CT molecular complexity index is 536. The minimum atomic E-state index is -0.257. The minimum absolute atomic E-state index is 0.149. The highest BCUT2D eigenvalue weighted by Gasteiger charge is 2.53. The Morgan fingerprint density at radius 1 is 1.21 bits per heavy atom. The van der Waals surface area contributed by atoms with Crippen molar-refractivity contribution in [1.29, 1.82) is 0 Å². The van der Waals surface area contributed by atoms with Crippen LogP contribution in [0.4, 0.5) is 0 Å². The zero-order valence-corrected chi connectivity index (χ0v) is 11.5. The van der Waals surface area contributed by atoms with Gasteiger partial charge >= 0.3 is 0 Å². The fourth-order valence-corrected chi connectivity index (χ4v) is 3.44. The number of benzene rings is 1. The van der Waals surface area contributed by atoms with Gasteiger partial charge in [-0.1, -0.05) is 30.7 Å². The number of imide groups is 1. The maximum Gasteiger partial charge on any atom is 0.234 e. The van der Waals surface area contributed by atoms with Crippen molar-refractivity contribution < 1.29 is 9.59 Å². The third kappa shape index (κ3) is 2.16. The van der Waals surface area contributed by atoms with Gasteiger partial charge in [-0.25, -0.2) is 0 Å². The van der Waals surface area contributed by atoms with Crippen LogP contribution in [0.3, 0.4) is 0 Å². The molecule has 0 aromatic heterocycles. The Kier molecular flexibility index (Phi) is 2.90. The summed E-state index contributed by atoms with van der Waals surface area (Å²) in [7, 11) is 0. The number of hydrogen-bond acceptors (Lipinski definition) is 2. The molecule has 1 aromatic carbocycles. The van der Waals surface area contributed by atoms with E-state index < -0.39 is 0 Å². The van der Waals surface area contributed by atoms with Crippen LogP contribution in [0.1, 0.15) is 37.7 Å². The second-order valence-electron chi connectivity index (χ2n) is 5.85. The molecule has 2 fully saturated rings. The Balaban J connectivity index is 2.02. The lowest BCUT2D eigenvalue weighted by molar-refractivity contribution is -0.140. The number of piperidine rings is 1. The predicted molar refractivity (Wildman–Crippen MR) is 72.8 cm³/mol. The fourth-order valence-electron chi connectivity index (χ4n) is 3.31. The van der Waals surface area contributed by atoms with Crippen LogP contribution in [0.5, 0.6) is 0 Å². The zero-order valence-electron chi connectivity index (χ0n) is 10.8. The molecule has 1 saturated heterocycles. The highest BCUT2D eigenvalue weighted by atomic mass is 35.5. The number of carbonyl (C=O) groups excluding carboxylic acids is 2. The van der Waals surface area contributed by atoms with Gasteiger partial charge in [0.1, 0.15) is 0 Å². The largest absolute Gasteiger partial charge is 0.296 e. The van der Waals surface area contributed by atoms with Gasteiger partial charge in [0.2, 0.25) is 11.8 Å².